The summed E-state index contributed by atoms with van der Waals surface area (Å²) in [6.07, 6.45) is 0.835. The number of carbonyl (C=O) groups is 2. The summed E-state index contributed by atoms with van der Waals surface area (Å²) in [7, 11) is 0. The first-order chi connectivity index (χ1) is 7.97. The number of amides is 2. The molecule has 0 radical (unpaired) electrons. The van der Waals surface area contributed by atoms with Crippen molar-refractivity contribution in [1.82, 2.24) is 5.32 Å². The smallest absolute Gasteiger partial charge is 0.338 e. The number of carbonyl (C=O) groups excluding carboxylic acids is 1. The largest absolute Gasteiger partial charge is 0.478 e. The van der Waals surface area contributed by atoms with Crippen LogP contribution in [0, 0.1) is 13.8 Å². The fraction of sp³-hybridized carbons (Fsp3) is 0.455. The van der Waals surface area contributed by atoms with Gasteiger partial charge in [0.15, 0.2) is 0 Å². The lowest BCUT2D eigenvalue weighted by molar-refractivity contribution is 0.0697. The molecule has 0 aliphatic carbocycles. The molecule has 1 aromatic heterocycles. The lowest BCUT2D eigenvalue weighted by Crippen LogP contribution is -2.29. The van der Waals surface area contributed by atoms with Gasteiger partial charge in [-0.3, -0.25) is 5.32 Å². The summed E-state index contributed by atoms with van der Waals surface area (Å²) in [6, 6.07) is -0.365. The van der Waals surface area contributed by atoms with Crippen molar-refractivity contribution in [3.63, 3.8) is 0 Å². The summed E-state index contributed by atoms with van der Waals surface area (Å²) < 4.78 is 0. The van der Waals surface area contributed by atoms with Crippen molar-refractivity contribution in [2.45, 2.75) is 27.2 Å². The summed E-state index contributed by atoms with van der Waals surface area (Å²) in [5.41, 5.74) is 0.882. The first-order valence-corrected chi connectivity index (χ1v) is 6.17. The van der Waals surface area contributed by atoms with Gasteiger partial charge in [0, 0.05) is 11.4 Å². The topological polar surface area (TPSA) is 78.4 Å². The molecule has 0 fully saturated rings. The Morgan fingerprint density at radius 2 is 2.00 bits per heavy atom. The average Bonchev–Trinajstić information content (AvgIpc) is 2.51. The van der Waals surface area contributed by atoms with E-state index in [9.17, 15) is 9.59 Å². The molecule has 5 nitrogen and oxygen atoms in total. The molecule has 17 heavy (non-hydrogen) atoms. The lowest BCUT2D eigenvalue weighted by atomic mass is 10.1. The minimum atomic E-state index is -1.02. The van der Waals surface area contributed by atoms with E-state index in [2.05, 4.69) is 10.6 Å². The molecule has 1 rings (SSSR count). The molecule has 0 aromatic carbocycles. The molecule has 0 saturated heterocycles. The van der Waals surface area contributed by atoms with E-state index >= 15 is 0 Å². The van der Waals surface area contributed by atoms with Gasteiger partial charge in [-0.2, -0.15) is 0 Å². The molecular formula is C11H16N2O3S. The molecule has 1 aromatic rings. The van der Waals surface area contributed by atoms with Crippen LogP contribution in [0.1, 0.15) is 34.1 Å². The number of rotatable bonds is 4. The normalized spacial score (nSPS) is 10.1. The summed E-state index contributed by atoms with van der Waals surface area (Å²) in [5.74, 6) is -1.02. The second-order valence-electron chi connectivity index (χ2n) is 3.67. The van der Waals surface area contributed by atoms with Crippen LogP contribution in [-0.4, -0.2) is 23.7 Å². The quantitative estimate of drug-likeness (QED) is 0.774. The Kier molecular flexibility index (Phi) is 4.51. The van der Waals surface area contributed by atoms with Crippen molar-refractivity contribution in [1.29, 1.82) is 0 Å². The van der Waals surface area contributed by atoms with Crippen molar-refractivity contribution in [3.05, 3.63) is 16.0 Å². The second-order valence-corrected chi connectivity index (χ2v) is 4.90. The summed E-state index contributed by atoms with van der Waals surface area (Å²) >= 11 is 1.28. The van der Waals surface area contributed by atoms with Crippen molar-refractivity contribution in [2.24, 2.45) is 0 Å². The predicted molar refractivity (Wildman–Crippen MR) is 68.1 cm³/mol. The van der Waals surface area contributed by atoms with Gasteiger partial charge in [0.25, 0.3) is 0 Å². The number of carboxylic acid groups (broad SMARTS) is 1. The SMILES string of the molecule is CCCNC(=O)Nc1sc(C)c(C)c1C(=O)O. The first kappa shape index (κ1) is 13.5. The molecule has 1 heterocycles. The third-order valence-electron chi connectivity index (χ3n) is 2.36. The van der Waals surface area contributed by atoms with Gasteiger partial charge in [0.1, 0.15) is 5.00 Å². The minimum absolute atomic E-state index is 0.180. The Balaban J connectivity index is 2.87. The van der Waals surface area contributed by atoms with Crippen molar-refractivity contribution < 1.29 is 14.7 Å². The maximum Gasteiger partial charge on any atom is 0.338 e. The monoisotopic (exact) mass is 256 g/mol. The molecule has 0 aliphatic rings. The summed E-state index contributed by atoms with van der Waals surface area (Å²) in [6.45, 7) is 6.09. The van der Waals surface area contributed by atoms with E-state index in [1.54, 1.807) is 6.92 Å². The molecule has 0 bridgehead atoms. The van der Waals surface area contributed by atoms with Gasteiger partial charge in [-0.15, -0.1) is 11.3 Å². The third kappa shape index (κ3) is 3.20. The molecular weight excluding hydrogens is 240 g/mol. The molecule has 6 heteroatoms. The Labute approximate surface area is 104 Å². The van der Waals surface area contributed by atoms with Crippen LogP contribution in [0.2, 0.25) is 0 Å². The maximum atomic E-state index is 11.5. The van der Waals surface area contributed by atoms with Gasteiger partial charge in [-0.05, 0) is 25.8 Å². The van der Waals surface area contributed by atoms with Crippen LogP contribution in [0.4, 0.5) is 9.80 Å². The molecule has 2 amide bonds. The van der Waals surface area contributed by atoms with Gasteiger partial charge in [0.05, 0.1) is 5.56 Å². The number of carboxylic acids is 1. The standard InChI is InChI=1S/C11H16N2O3S/c1-4-5-12-11(16)13-9-8(10(14)15)6(2)7(3)17-9/h4-5H2,1-3H3,(H,14,15)(H2,12,13,16). The zero-order valence-corrected chi connectivity index (χ0v) is 10.9. The Hall–Kier alpha value is -1.56. The van der Waals surface area contributed by atoms with Gasteiger partial charge in [-0.1, -0.05) is 6.92 Å². The van der Waals surface area contributed by atoms with E-state index in [1.807, 2.05) is 13.8 Å². The Bertz CT molecular complexity index is 440. The summed E-state index contributed by atoms with van der Waals surface area (Å²) in [4.78, 5) is 23.4. The molecule has 94 valence electrons. The zero-order valence-electron chi connectivity index (χ0n) is 10.1. The van der Waals surface area contributed by atoms with Crippen LogP contribution in [0.15, 0.2) is 0 Å². The highest BCUT2D eigenvalue weighted by atomic mass is 32.1. The minimum Gasteiger partial charge on any atom is -0.478 e. The molecule has 0 unspecified atom stereocenters. The van der Waals surface area contributed by atoms with Gasteiger partial charge >= 0.3 is 12.0 Å². The van der Waals surface area contributed by atoms with Gasteiger partial charge in [-0.25, -0.2) is 9.59 Å². The fourth-order valence-electron chi connectivity index (χ4n) is 1.36. The van der Waals surface area contributed by atoms with Crippen LogP contribution in [0.5, 0.6) is 0 Å². The molecule has 0 aliphatic heterocycles. The Morgan fingerprint density at radius 3 is 2.53 bits per heavy atom. The van der Waals surface area contributed by atoms with Gasteiger partial charge in [0.2, 0.25) is 0 Å². The first-order valence-electron chi connectivity index (χ1n) is 5.35. The number of nitrogens with one attached hydrogen (secondary N) is 2. The molecule has 0 atom stereocenters. The van der Waals surface area contributed by atoms with E-state index in [4.69, 9.17) is 5.11 Å². The number of hydrogen-bond acceptors (Lipinski definition) is 3. The molecule has 3 N–H and O–H groups in total. The van der Waals surface area contributed by atoms with E-state index in [0.717, 1.165) is 11.3 Å². The fourth-order valence-corrected chi connectivity index (χ4v) is 2.41. The van der Waals surface area contributed by atoms with Crippen LogP contribution >= 0.6 is 11.3 Å². The lowest BCUT2D eigenvalue weighted by Gasteiger charge is -2.05. The van der Waals surface area contributed by atoms with Crippen molar-refractivity contribution >= 4 is 28.3 Å². The molecule has 0 saturated carbocycles. The number of aryl methyl sites for hydroxylation is 1. The van der Waals surface area contributed by atoms with E-state index in [-0.39, 0.29) is 11.6 Å². The van der Waals surface area contributed by atoms with Crippen LogP contribution in [0.3, 0.4) is 0 Å². The van der Waals surface area contributed by atoms with E-state index in [0.29, 0.717) is 17.1 Å². The number of thiophene rings is 1. The van der Waals surface area contributed by atoms with Crippen molar-refractivity contribution in [3.8, 4) is 0 Å². The van der Waals surface area contributed by atoms with Crippen LogP contribution in [-0.2, 0) is 0 Å². The zero-order chi connectivity index (χ0) is 13.0. The molecule has 0 spiro atoms. The predicted octanol–water partition coefficient (Wildman–Crippen LogP) is 2.59. The van der Waals surface area contributed by atoms with Gasteiger partial charge < -0.3 is 10.4 Å². The maximum absolute atomic E-state index is 11.5. The van der Waals surface area contributed by atoms with E-state index < -0.39 is 5.97 Å². The van der Waals surface area contributed by atoms with Crippen LogP contribution in [0.25, 0.3) is 0 Å². The van der Waals surface area contributed by atoms with Crippen molar-refractivity contribution in [2.75, 3.05) is 11.9 Å². The number of hydrogen-bond donors (Lipinski definition) is 3. The summed E-state index contributed by atoms with van der Waals surface area (Å²) in [5, 5.41) is 14.7. The number of anilines is 1. The highest BCUT2D eigenvalue weighted by Gasteiger charge is 2.19. The number of aromatic carboxylic acids is 1. The third-order valence-corrected chi connectivity index (χ3v) is 3.48. The highest BCUT2D eigenvalue weighted by molar-refractivity contribution is 7.16. The average molecular weight is 256 g/mol. The van der Waals surface area contributed by atoms with E-state index in [1.165, 1.54) is 11.3 Å². The Morgan fingerprint density at radius 1 is 1.35 bits per heavy atom. The second kappa shape index (κ2) is 5.67. The number of urea groups is 1. The van der Waals surface area contributed by atoms with Crippen LogP contribution < -0.4 is 10.6 Å². The highest BCUT2D eigenvalue weighted by Crippen LogP contribution is 2.32.